The summed E-state index contributed by atoms with van der Waals surface area (Å²) in [5, 5.41) is 15.8. The summed E-state index contributed by atoms with van der Waals surface area (Å²) in [5.74, 6) is 0. The first-order valence-corrected chi connectivity index (χ1v) is 16.7. The zero-order valence-electron chi connectivity index (χ0n) is 26.3. The van der Waals surface area contributed by atoms with Crippen LogP contribution in [0.1, 0.15) is 0 Å². The van der Waals surface area contributed by atoms with Gasteiger partial charge < -0.3 is 17.9 Å². The van der Waals surface area contributed by atoms with Crippen molar-refractivity contribution in [3.05, 3.63) is 121 Å². The molecule has 7 aromatic carbocycles. The Morgan fingerprint density at radius 3 is 1.12 bits per heavy atom. The average Bonchev–Trinajstić information content (AvgIpc) is 3.94. The molecule has 0 aliphatic rings. The van der Waals surface area contributed by atoms with Crippen LogP contribution in [-0.4, -0.2) is 17.9 Å². The van der Waals surface area contributed by atoms with E-state index in [1.54, 1.807) is 0 Å². The Morgan fingerprint density at radius 2 is 0.667 bits per heavy atom. The molecule has 0 saturated carbocycles. The van der Waals surface area contributed by atoms with Crippen molar-refractivity contribution in [1.29, 1.82) is 0 Å². The minimum atomic E-state index is 1.27. The lowest BCUT2D eigenvalue weighted by molar-refractivity contribution is 1.01. The summed E-state index contributed by atoms with van der Waals surface area (Å²) in [6.45, 7) is 0. The van der Waals surface area contributed by atoms with Crippen molar-refractivity contribution in [3.63, 3.8) is 0 Å². The molecule has 0 atom stereocenters. The number of aryl methyl sites for hydroxylation is 2. The molecular weight excluding hydrogens is 585 g/mol. The van der Waals surface area contributed by atoms with Crippen LogP contribution in [0.15, 0.2) is 121 Å². The summed E-state index contributed by atoms with van der Waals surface area (Å²) >= 11 is 0. The second kappa shape index (κ2) is 7.64. The van der Waals surface area contributed by atoms with Crippen LogP contribution in [0.5, 0.6) is 0 Å². The van der Waals surface area contributed by atoms with E-state index >= 15 is 0 Å². The highest BCUT2D eigenvalue weighted by Gasteiger charge is 2.25. The quantitative estimate of drug-likeness (QED) is 0.163. The van der Waals surface area contributed by atoms with E-state index < -0.39 is 0 Å². The van der Waals surface area contributed by atoms with Gasteiger partial charge >= 0.3 is 0 Å². The lowest BCUT2D eigenvalue weighted by atomic mass is 10.0. The maximum Gasteiger partial charge on any atom is 0.0641 e. The fourth-order valence-electron chi connectivity index (χ4n) is 9.89. The van der Waals surface area contributed by atoms with E-state index in [2.05, 4.69) is 153 Å². The van der Waals surface area contributed by atoms with Gasteiger partial charge in [-0.25, -0.2) is 0 Å². The number of hydrogen-bond acceptors (Lipinski definition) is 0. The fourth-order valence-corrected chi connectivity index (χ4v) is 9.89. The van der Waals surface area contributed by atoms with Gasteiger partial charge in [-0.15, -0.1) is 0 Å². The number of hydrogen-bond donors (Lipinski definition) is 0. The lowest BCUT2D eigenvalue weighted by Crippen LogP contribution is -1.87. The molecule has 13 rings (SSSR count). The number of nitrogens with zero attached hydrogens (tertiary/aromatic N) is 4. The molecule has 0 radical (unpaired) electrons. The standard InChI is InChI=1S/C44H26N4/c1-45-33-15-5-3-9-29(33)39-35(45)19-17-27-23-11-7-13-25-31-22-38-32(21-37(31)47(41(23)25)43(27)39)26-14-8-12-24-28-18-20-36-40(44(28)48(38)42(24)26)30-10-4-6-16-34(30)46(36)2/h3-22H,1-2H3. The van der Waals surface area contributed by atoms with Gasteiger partial charge in [0, 0.05) is 89.8 Å². The number of benzene rings is 7. The average molecular weight is 611 g/mol. The van der Waals surface area contributed by atoms with Crippen molar-refractivity contribution in [2.75, 3.05) is 0 Å². The normalized spacial score (nSPS) is 13.2. The molecule has 0 amide bonds. The molecule has 0 aliphatic heterocycles. The van der Waals surface area contributed by atoms with Crippen molar-refractivity contribution < 1.29 is 0 Å². The Hall–Kier alpha value is -6.26. The van der Waals surface area contributed by atoms with E-state index in [1.165, 1.54) is 120 Å². The molecule has 0 aliphatic carbocycles. The van der Waals surface area contributed by atoms with Crippen molar-refractivity contribution in [3.8, 4) is 0 Å². The Kier molecular flexibility index (Phi) is 3.82. The van der Waals surface area contributed by atoms with Gasteiger partial charge in [-0.3, -0.25) is 0 Å². The summed E-state index contributed by atoms with van der Waals surface area (Å²) in [6, 6.07) is 45.7. The minimum absolute atomic E-state index is 1.27. The van der Waals surface area contributed by atoms with Crippen molar-refractivity contribution in [2.45, 2.75) is 0 Å². The van der Waals surface area contributed by atoms with Gasteiger partial charge in [-0.2, -0.15) is 0 Å². The first-order chi connectivity index (χ1) is 23.7. The topological polar surface area (TPSA) is 18.7 Å². The number of fused-ring (bicyclic) bond motifs is 20. The number of rotatable bonds is 0. The molecule has 4 heteroatoms. The number of para-hydroxylation sites is 4. The second-order valence-corrected chi connectivity index (χ2v) is 13.8. The Balaban J connectivity index is 1.31. The third kappa shape index (κ3) is 2.40. The summed E-state index contributed by atoms with van der Waals surface area (Å²) in [6.07, 6.45) is 0. The van der Waals surface area contributed by atoms with Crippen LogP contribution in [0.2, 0.25) is 0 Å². The Bertz CT molecular complexity index is 3340. The van der Waals surface area contributed by atoms with Crippen LogP contribution in [-0.2, 0) is 14.1 Å². The molecule has 0 fully saturated rings. The van der Waals surface area contributed by atoms with Crippen LogP contribution < -0.4 is 0 Å². The largest absolute Gasteiger partial charge is 0.344 e. The highest BCUT2D eigenvalue weighted by atomic mass is 15.0. The van der Waals surface area contributed by atoms with Gasteiger partial charge in [-0.1, -0.05) is 84.9 Å². The molecule has 222 valence electrons. The SMILES string of the molecule is Cn1c2ccccc2c2c1ccc1c3cccc4c5cc6c(cc5n(c43)c12)c1cccc2c3ccc4c(c5ccccc5n4C)c3n6c12. The lowest BCUT2D eigenvalue weighted by Gasteiger charge is -2.04. The van der Waals surface area contributed by atoms with Crippen LogP contribution in [0.4, 0.5) is 0 Å². The molecule has 48 heavy (non-hydrogen) atoms. The highest BCUT2D eigenvalue weighted by molar-refractivity contribution is 6.34. The molecule has 0 bridgehead atoms. The van der Waals surface area contributed by atoms with E-state index in [-0.39, 0.29) is 0 Å². The molecular formula is C44H26N4. The zero-order valence-corrected chi connectivity index (χ0v) is 26.3. The summed E-state index contributed by atoms with van der Waals surface area (Å²) < 4.78 is 9.86. The maximum atomic E-state index is 2.58. The molecule has 0 saturated heterocycles. The molecule has 6 aromatic heterocycles. The second-order valence-electron chi connectivity index (χ2n) is 13.8. The van der Waals surface area contributed by atoms with Gasteiger partial charge in [-0.05, 0) is 36.4 Å². The van der Waals surface area contributed by atoms with Gasteiger partial charge in [0.25, 0.3) is 0 Å². The van der Waals surface area contributed by atoms with Gasteiger partial charge in [0.05, 0.1) is 44.1 Å². The van der Waals surface area contributed by atoms with Gasteiger partial charge in [0.15, 0.2) is 0 Å². The minimum Gasteiger partial charge on any atom is -0.344 e. The predicted octanol–water partition coefficient (Wildman–Crippen LogP) is 11.3. The molecule has 0 spiro atoms. The van der Waals surface area contributed by atoms with E-state index in [9.17, 15) is 0 Å². The van der Waals surface area contributed by atoms with Crippen molar-refractivity contribution in [1.82, 2.24) is 17.9 Å². The van der Waals surface area contributed by atoms with Crippen LogP contribution in [0.3, 0.4) is 0 Å². The zero-order chi connectivity index (χ0) is 31.2. The third-order valence-electron chi connectivity index (χ3n) is 11.8. The molecule has 13 aromatic rings. The summed E-state index contributed by atoms with van der Waals surface area (Å²) in [5.41, 5.74) is 12.9. The molecule has 6 heterocycles. The van der Waals surface area contributed by atoms with Crippen molar-refractivity contribution >= 4 is 120 Å². The molecule has 4 nitrogen and oxygen atoms in total. The monoisotopic (exact) mass is 610 g/mol. The maximum absolute atomic E-state index is 2.58. The van der Waals surface area contributed by atoms with E-state index in [0.29, 0.717) is 0 Å². The fraction of sp³-hybridized carbons (Fsp3) is 0.0455. The van der Waals surface area contributed by atoms with Crippen LogP contribution >= 0.6 is 0 Å². The molecule has 0 N–H and O–H groups in total. The van der Waals surface area contributed by atoms with Gasteiger partial charge in [0.1, 0.15) is 0 Å². The van der Waals surface area contributed by atoms with Gasteiger partial charge in [0.2, 0.25) is 0 Å². The van der Waals surface area contributed by atoms with Crippen LogP contribution in [0.25, 0.3) is 120 Å². The summed E-state index contributed by atoms with van der Waals surface area (Å²) in [7, 11) is 4.39. The van der Waals surface area contributed by atoms with Crippen LogP contribution in [0, 0.1) is 0 Å². The number of aromatic nitrogens is 4. The predicted molar refractivity (Wildman–Crippen MR) is 204 cm³/mol. The smallest absolute Gasteiger partial charge is 0.0641 e. The van der Waals surface area contributed by atoms with E-state index in [4.69, 9.17) is 0 Å². The van der Waals surface area contributed by atoms with Crippen molar-refractivity contribution in [2.24, 2.45) is 14.1 Å². The highest BCUT2D eigenvalue weighted by Crippen LogP contribution is 2.48. The molecule has 0 unspecified atom stereocenters. The van der Waals surface area contributed by atoms with E-state index in [0.717, 1.165) is 0 Å². The first-order valence-electron chi connectivity index (χ1n) is 16.7. The first kappa shape index (κ1) is 24.0. The summed E-state index contributed by atoms with van der Waals surface area (Å²) in [4.78, 5) is 0. The third-order valence-corrected chi connectivity index (χ3v) is 11.8. The van der Waals surface area contributed by atoms with E-state index in [1.807, 2.05) is 0 Å². The Morgan fingerprint density at radius 1 is 0.292 bits per heavy atom. The Labute approximate surface area is 272 Å².